The van der Waals surface area contributed by atoms with E-state index in [4.69, 9.17) is 4.42 Å². The number of furan rings is 1. The molecule has 0 saturated heterocycles. The van der Waals surface area contributed by atoms with E-state index in [1.165, 1.54) is 72.3 Å². The molecule has 10 aromatic rings. The second-order valence-corrected chi connectivity index (χ2v) is 16.5. The van der Waals surface area contributed by atoms with Gasteiger partial charge in [0.05, 0.1) is 16.5 Å². The van der Waals surface area contributed by atoms with Crippen molar-refractivity contribution in [1.29, 1.82) is 0 Å². The molecule has 2 heteroatoms. The van der Waals surface area contributed by atoms with Gasteiger partial charge in [0.1, 0.15) is 11.2 Å². The molecule has 0 atom stereocenters. The average Bonchev–Trinajstić information content (AvgIpc) is 4.00. The van der Waals surface area contributed by atoms with E-state index in [9.17, 15) is 0 Å². The maximum Gasteiger partial charge on any atom is 0.137 e. The summed E-state index contributed by atoms with van der Waals surface area (Å²) in [4.78, 5) is 2.43. The molecule has 1 heterocycles. The Kier molecular flexibility index (Phi) is 6.54. The first-order chi connectivity index (χ1) is 29.2. The largest absolute Gasteiger partial charge is 0.456 e. The van der Waals surface area contributed by atoms with Gasteiger partial charge in [-0.25, -0.2) is 0 Å². The van der Waals surface area contributed by atoms with E-state index in [0.29, 0.717) is 0 Å². The molecule has 0 saturated carbocycles. The van der Waals surface area contributed by atoms with Crippen molar-refractivity contribution in [3.63, 3.8) is 0 Å². The molecule has 59 heavy (non-hydrogen) atoms. The number of hydrogen-bond donors (Lipinski definition) is 0. The summed E-state index contributed by atoms with van der Waals surface area (Å²) >= 11 is 0. The molecule has 0 fully saturated rings. The first-order valence-corrected chi connectivity index (χ1v) is 20.6. The standard InChI is InChI=1S/C57H37NO/c1-56(46-23-10-5-18-39(46)40-19-6-11-24-47(40)56)36-30-32-45-54(34-36)59-53-29-15-28-52(55(45)53)58(37-16-3-2-4-17-37)38-31-33-44-43-22-9-14-27-50(43)57(51(44)35-38)48-25-12-7-20-41(48)42-21-8-13-26-49(42)57/h2-35H,1H3. The molecule has 2 nitrogen and oxygen atoms in total. The topological polar surface area (TPSA) is 16.4 Å². The minimum Gasteiger partial charge on any atom is -0.456 e. The third-order valence-electron chi connectivity index (χ3n) is 13.8. The van der Waals surface area contributed by atoms with Gasteiger partial charge in [0.2, 0.25) is 0 Å². The van der Waals surface area contributed by atoms with Crippen LogP contribution in [0.2, 0.25) is 0 Å². The molecule has 0 radical (unpaired) electrons. The quantitative estimate of drug-likeness (QED) is 0.178. The SMILES string of the molecule is CC1(c2ccc3c(c2)oc2cccc(N(c4ccccc4)c4ccc5c(c4)C4(c6ccccc6-c6ccccc64)c4ccccc4-5)c23)c2ccccc2-c2ccccc21. The smallest absolute Gasteiger partial charge is 0.137 e. The molecule has 1 aromatic heterocycles. The molecule has 9 aromatic carbocycles. The molecule has 0 aliphatic heterocycles. The summed E-state index contributed by atoms with van der Waals surface area (Å²) in [5.41, 5.74) is 21.3. The highest BCUT2D eigenvalue weighted by molar-refractivity contribution is 6.13. The Bertz CT molecular complexity index is 3260. The van der Waals surface area contributed by atoms with E-state index in [2.05, 4.69) is 218 Å². The second kappa shape index (κ2) is 11.8. The molecule has 3 aliphatic carbocycles. The summed E-state index contributed by atoms with van der Waals surface area (Å²) in [6.07, 6.45) is 0. The molecule has 13 rings (SSSR count). The van der Waals surface area contributed by atoms with Crippen molar-refractivity contribution >= 4 is 39.0 Å². The van der Waals surface area contributed by atoms with Crippen LogP contribution in [-0.2, 0) is 10.8 Å². The number of para-hydroxylation sites is 1. The van der Waals surface area contributed by atoms with Crippen LogP contribution in [0, 0.1) is 0 Å². The molecule has 3 aliphatic rings. The lowest BCUT2D eigenvalue weighted by Gasteiger charge is -2.32. The number of fused-ring (bicyclic) bond motifs is 16. The van der Waals surface area contributed by atoms with Crippen molar-refractivity contribution in [2.75, 3.05) is 4.90 Å². The van der Waals surface area contributed by atoms with E-state index >= 15 is 0 Å². The van der Waals surface area contributed by atoms with Crippen LogP contribution < -0.4 is 4.90 Å². The molecule has 0 amide bonds. The van der Waals surface area contributed by atoms with Gasteiger partial charge in [0.25, 0.3) is 0 Å². The van der Waals surface area contributed by atoms with Crippen LogP contribution in [0.4, 0.5) is 17.1 Å². The lowest BCUT2D eigenvalue weighted by molar-refractivity contribution is 0.662. The summed E-state index contributed by atoms with van der Waals surface area (Å²) in [7, 11) is 0. The molecule has 0 unspecified atom stereocenters. The fraction of sp³-hybridized carbons (Fsp3) is 0.0526. The first kappa shape index (κ1) is 32.6. The van der Waals surface area contributed by atoms with Gasteiger partial charge in [-0.2, -0.15) is 0 Å². The van der Waals surface area contributed by atoms with Crippen LogP contribution in [0.15, 0.2) is 211 Å². The van der Waals surface area contributed by atoms with Crippen LogP contribution in [0.1, 0.15) is 45.9 Å². The zero-order chi connectivity index (χ0) is 38.9. The predicted octanol–water partition coefficient (Wildman–Crippen LogP) is 14.7. The normalized spacial score (nSPS) is 14.5. The van der Waals surface area contributed by atoms with Crippen LogP contribution in [0.3, 0.4) is 0 Å². The van der Waals surface area contributed by atoms with Gasteiger partial charge in [0.15, 0.2) is 0 Å². The van der Waals surface area contributed by atoms with Crippen LogP contribution in [0.25, 0.3) is 55.3 Å². The third kappa shape index (κ3) is 4.15. The summed E-state index contributed by atoms with van der Waals surface area (Å²) in [5.74, 6) is 0. The number of nitrogens with zero attached hydrogens (tertiary/aromatic N) is 1. The van der Waals surface area contributed by atoms with Gasteiger partial charge < -0.3 is 9.32 Å². The predicted molar refractivity (Wildman–Crippen MR) is 242 cm³/mol. The van der Waals surface area contributed by atoms with E-state index < -0.39 is 5.41 Å². The Morgan fingerprint density at radius 2 is 0.881 bits per heavy atom. The number of anilines is 3. The Labute approximate surface area is 343 Å². The highest BCUT2D eigenvalue weighted by Gasteiger charge is 2.51. The van der Waals surface area contributed by atoms with Gasteiger partial charge >= 0.3 is 0 Å². The number of hydrogen-bond acceptors (Lipinski definition) is 2. The van der Waals surface area contributed by atoms with Gasteiger partial charge in [0, 0.05) is 22.2 Å². The Hall–Kier alpha value is -7.42. The van der Waals surface area contributed by atoms with E-state index in [1.54, 1.807) is 0 Å². The van der Waals surface area contributed by atoms with Crippen LogP contribution in [0.5, 0.6) is 0 Å². The molecular formula is C57H37NO. The molecular weight excluding hydrogens is 715 g/mol. The minimum absolute atomic E-state index is 0.311. The van der Waals surface area contributed by atoms with Crippen LogP contribution >= 0.6 is 0 Å². The van der Waals surface area contributed by atoms with E-state index in [1.807, 2.05) is 0 Å². The van der Waals surface area contributed by atoms with Gasteiger partial charge in [-0.3, -0.25) is 0 Å². The lowest BCUT2D eigenvalue weighted by atomic mass is 9.70. The van der Waals surface area contributed by atoms with Gasteiger partial charge in [-0.15, -0.1) is 0 Å². The van der Waals surface area contributed by atoms with Crippen molar-refractivity contribution in [3.8, 4) is 33.4 Å². The highest BCUT2D eigenvalue weighted by Crippen LogP contribution is 2.63. The third-order valence-corrected chi connectivity index (χ3v) is 13.8. The van der Waals surface area contributed by atoms with E-state index in [-0.39, 0.29) is 5.41 Å². The zero-order valence-electron chi connectivity index (χ0n) is 32.5. The first-order valence-electron chi connectivity index (χ1n) is 20.6. The Morgan fingerprint density at radius 3 is 1.47 bits per heavy atom. The molecule has 0 N–H and O–H groups in total. The summed E-state index contributed by atoms with van der Waals surface area (Å²) in [6.45, 7) is 2.37. The fourth-order valence-corrected chi connectivity index (χ4v) is 11.3. The van der Waals surface area contributed by atoms with E-state index in [0.717, 1.165) is 39.0 Å². The second-order valence-electron chi connectivity index (χ2n) is 16.5. The fourth-order valence-electron chi connectivity index (χ4n) is 11.3. The van der Waals surface area contributed by atoms with Crippen LogP contribution in [-0.4, -0.2) is 0 Å². The summed E-state index contributed by atoms with van der Waals surface area (Å²) in [5, 5.41) is 2.21. The van der Waals surface area contributed by atoms with Crippen molar-refractivity contribution in [2.24, 2.45) is 0 Å². The van der Waals surface area contributed by atoms with Crippen molar-refractivity contribution in [3.05, 3.63) is 245 Å². The molecule has 276 valence electrons. The van der Waals surface area contributed by atoms with Crippen molar-refractivity contribution in [2.45, 2.75) is 17.8 Å². The Balaban J connectivity index is 1.03. The molecule has 0 bridgehead atoms. The monoisotopic (exact) mass is 751 g/mol. The maximum absolute atomic E-state index is 6.88. The molecule has 1 spiro atoms. The summed E-state index contributed by atoms with van der Waals surface area (Å²) < 4.78 is 6.88. The van der Waals surface area contributed by atoms with Crippen molar-refractivity contribution < 1.29 is 4.42 Å². The Morgan fingerprint density at radius 1 is 0.373 bits per heavy atom. The number of rotatable bonds is 4. The zero-order valence-corrected chi connectivity index (χ0v) is 32.5. The average molecular weight is 752 g/mol. The maximum atomic E-state index is 6.88. The summed E-state index contributed by atoms with van der Waals surface area (Å²) in [6, 6.07) is 76.1. The minimum atomic E-state index is -0.435. The van der Waals surface area contributed by atoms with Gasteiger partial charge in [-0.05, 0) is 122 Å². The van der Waals surface area contributed by atoms with Gasteiger partial charge in [-0.1, -0.05) is 164 Å². The van der Waals surface area contributed by atoms with Crippen molar-refractivity contribution in [1.82, 2.24) is 0 Å². The lowest BCUT2D eigenvalue weighted by Crippen LogP contribution is -2.26. The highest BCUT2D eigenvalue weighted by atomic mass is 16.3. The number of benzene rings is 9.